The molecule has 0 saturated carbocycles. The third-order valence-corrected chi connectivity index (χ3v) is 5.03. The summed E-state index contributed by atoms with van der Waals surface area (Å²) in [5.41, 5.74) is 1.53. The molecular weight excluding hydrogens is 364 g/mol. The highest BCUT2D eigenvalue weighted by atomic mass is 16.5. The van der Waals surface area contributed by atoms with Gasteiger partial charge in [-0.15, -0.1) is 0 Å². The van der Waals surface area contributed by atoms with Crippen molar-refractivity contribution in [2.45, 2.75) is 26.4 Å². The number of amides is 2. The van der Waals surface area contributed by atoms with Crippen LogP contribution in [0.2, 0.25) is 0 Å². The summed E-state index contributed by atoms with van der Waals surface area (Å²) < 4.78 is 5.65. The van der Waals surface area contributed by atoms with Crippen LogP contribution in [0.4, 0.5) is 11.4 Å². The Balaban J connectivity index is 1.43. The number of hydrogen-bond acceptors (Lipinski definition) is 3. The molecule has 0 unspecified atom stereocenters. The van der Waals surface area contributed by atoms with Gasteiger partial charge in [0, 0.05) is 24.3 Å². The Kier molecular flexibility index (Phi) is 5.21. The highest BCUT2D eigenvalue weighted by molar-refractivity contribution is 6.04. The van der Waals surface area contributed by atoms with E-state index in [9.17, 15) is 9.59 Å². The number of ether oxygens (including phenoxy) is 1. The molecule has 1 aliphatic rings. The van der Waals surface area contributed by atoms with E-state index in [4.69, 9.17) is 4.74 Å². The van der Waals surface area contributed by atoms with Gasteiger partial charge in [0.15, 0.2) is 0 Å². The molecule has 5 nitrogen and oxygen atoms in total. The van der Waals surface area contributed by atoms with Crippen LogP contribution >= 0.6 is 0 Å². The second-order valence-corrected chi connectivity index (χ2v) is 7.62. The number of carbonyl (C=O) groups excluding carboxylic acids is 2. The molecule has 3 aromatic carbocycles. The van der Waals surface area contributed by atoms with Crippen molar-refractivity contribution in [1.29, 1.82) is 0 Å². The predicted octanol–water partition coefficient (Wildman–Crippen LogP) is 4.62. The zero-order chi connectivity index (χ0) is 20.4. The zero-order valence-electron chi connectivity index (χ0n) is 16.6. The summed E-state index contributed by atoms with van der Waals surface area (Å²) in [6.45, 7) is 4.32. The fourth-order valence-electron chi connectivity index (χ4n) is 3.62. The lowest BCUT2D eigenvalue weighted by atomic mass is 10.1. The third kappa shape index (κ3) is 4.24. The maximum atomic E-state index is 12.7. The molecule has 1 saturated heterocycles. The summed E-state index contributed by atoms with van der Waals surface area (Å²) in [5, 5.41) is 5.15. The highest BCUT2D eigenvalue weighted by Gasteiger charge is 2.35. The second-order valence-electron chi connectivity index (χ2n) is 7.62. The number of anilines is 2. The van der Waals surface area contributed by atoms with Crippen LogP contribution in [-0.4, -0.2) is 24.5 Å². The Labute approximate surface area is 170 Å². The lowest BCUT2D eigenvalue weighted by Crippen LogP contribution is -2.28. The molecule has 1 N–H and O–H groups in total. The van der Waals surface area contributed by atoms with Gasteiger partial charge in [0.1, 0.15) is 5.75 Å². The Morgan fingerprint density at radius 1 is 1.03 bits per heavy atom. The van der Waals surface area contributed by atoms with Crippen LogP contribution in [0.15, 0.2) is 66.7 Å². The van der Waals surface area contributed by atoms with Crippen molar-refractivity contribution in [2.24, 2.45) is 5.92 Å². The van der Waals surface area contributed by atoms with Crippen LogP contribution in [0.1, 0.15) is 20.3 Å². The van der Waals surface area contributed by atoms with E-state index in [2.05, 4.69) is 5.32 Å². The molecule has 5 heteroatoms. The average Bonchev–Trinajstić information content (AvgIpc) is 3.10. The van der Waals surface area contributed by atoms with E-state index in [0.717, 1.165) is 27.9 Å². The first kappa shape index (κ1) is 19.0. The number of rotatable bonds is 5. The first-order valence-corrected chi connectivity index (χ1v) is 9.86. The molecule has 29 heavy (non-hydrogen) atoms. The lowest BCUT2D eigenvalue weighted by Gasteiger charge is -2.18. The summed E-state index contributed by atoms with van der Waals surface area (Å²) in [7, 11) is 0. The van der Waals surface area contributed by atoms with Gasteiger partial charge in [-0.1, -0.05) is 30.3 Å². The first-order valence-electron chi connectivity index (χ1n) is 9.86. The Bertz CT molecular complexity index is 1040. The predicted molar refractivity (Wildman–Crippen MR) is 115 cm³/mol. The van der Waals surface area contributed by atoms with E-state index >= 15 is 0 Å². The summed E-state index contributed by atoms with van der Waals surface area (Å²) >= 11 is 0. The molecule has 4 rings (SSSR count). The molecule has 0 spiro atoms. The van der Waals surface area contributed by atoms with Gasteiger partial charge in [-0.05, 0) is 61.0 Å². The van der Waals surface area contributed by atoms with E-state index in [1.54, 1.807) is 4.90 Å². The summed E-state index contributed by atoms with van der Waals surface area (Å²) in [5.74, 6) is 0.221. The molecule has 0 radical (unpaired) electrons. The largest absolute Gasteiger partial charge is 0.491 e. The normalized spacial score (nSPS) is 16.4. The minimum Gasteiger partial charge on any atom is -0.491 e. The maximum Gasteiger partial charge on any atom is 0.229 e. The molecule has 1 aliphatic heterocycles. The topological polar surface area (TPSA) is 58.6 Å². The Morgan fingerprint density at radius 3 is 2.48 bits per heavy atom. The quantitative estimate of drug-likeness (QED) is 0.694. The van der Waals surface area contributed by atoms with E-state index in [1.807, 2.05) is 80.6 Å². The van der Waals surface area contributed by atoms with Crippen LogP contribution in [0.5, 0.6) is 5.75 Å². The van der Waals surface area contributed by atoms with Crippen molar-refractivity contribution in [3.05, 3.63) is 66.7 Å². The smallest absolute Gasteiger partial charge is 0.229 e. The molecular formula is C24H24N2O3. The molecule has 1 heterocycles. The van der Waals surface area contributed by atoms with Gasteiger partial charge in [0.05, 0.1) is 12.0 Å². The van der Waals surface area contributed by atoms with Crippen molar-refractivity contribution in [3.63, 3.8) is 0 Å². The van der Waals surface area contributed by atoms with Crippen LogP contribution < -0.4 is 15.0 Å². The van der Waals surface area contributed by atoms with Crippen molar-refractivity contribution >= 4 is 34.0 Å². The fourth-order valence-corrected chi connectivity index (χ4v) is 3.62. The second kappa shape index (κ2) is 7.95. The Morgan fingerprint density at radius 2 is 1.76 bits per heavy atom. The number of nitrogens with one attached hydrogen (secondary N) is 1. The molecule has 0 aliphatic carbocycles. The average molecular weight is 388 g/mol. The number of nitrogens with zero attached hydrogens (tertiary/aromatic N) is 1. The molecule has 148 valence electrons. The van der Waals surface area contributed by atoms with E-state index in [-0.39, 0.29) is 30.3 Å². The van der Waals surface area contributed by atoms with Gasteiger partial charge in [0.2, 0.25) is 11.8 Å². The van der Waals surface area contributed by atoms with E-state index in [1.165, 1.54) is 0 Å². The molecule has 0 bridgehead atoms. The summed E-state index contributed by atoms with van der Waals surface area (Å²) in [6, 6.07) is 21.3. The minimum absolute atomic E-state index is 0.0406. The standard InChI is InChI=1S/C24H24N2O3/c1-16(2)29-22-11-9-21(10-12-22)26-15-19(14-23(26)27)24(28)25-20-8-7-17-5-3-4-6-18(17)13-20/h3-13,16,19H,14-15H2,1-2H3,(H,25,28)/t19-/m0/s1. The van der Waals surface area contributed by atoms with Crippen molar-refractivity contribution < 1.29 is 14.3 Å². The number of benzene rings is 3. The summed E-state index contributed by atoms with van der Waals surface area (Å²) in [4.78, 5) is 26.9. The summed E-state index contributed by atoms with van der Waals surface area (Å²) in [6.07, 6.45) is 0.307. The minimum atomic E-state index is -0.374. The number of carbonyl (C=O) groups is 2. The number of hydrogen-bond donors (Lipinski definition) is 1. The van der Waals surface area contributed by atoms with Gasteiger partial charge in [-0.2, -0.15) is 0 Å². The lowest BCUT2D eigenvalue weighted by molar-refractivity contribution is -0.122. The molecule has 1 fully saturated rings. The molecule has 2 amide bonds. The van der Waals surface area contributed by atoms with Gasteiger partial charge in [-0.25, -0.2) is 0 Å². The van der Waals surface area contributed by atoms with E-state index in [0.29, 0.717) is 6.54 Å². The van der Waals surface area contributed by atoms with Gasteiger partial charge < -0.3 is 15.0 Å². The fraction of sp³-hybridized carbons (Fsp3) is 0.250. The van der Waals surface area contributed by atoms with E-state index < -0.39 is 0 Å². The van der Waals surface area contributed by atoms with Crippen LogP contribution in [0.25, 0.3) is 10.8 Å². The van der Waals surface area contributed by atoms with Crippen LogP contribution in [-0.2, 0) is 9.59 Å². The van der Waals surface area contributed by atoms with Gasteiger partial charge in [-0.3, -0.25) is 9.59 Å². The SMILES string of the molecule is CC(C)Oc1ccc(N2C[C@@H](C(=O)Nc3ccc4ccccc4c3)CC2=O)cc1. The molecule has 3 aromatic rings. The third-order valence-electron chi connectivity index (χ3n) is 5.03. The van der Waals surface area contributed by atoms with Crippen LogP contribution in [0.3, 0.4) is 0 Å². The van der Waals surface area contributed by atoms with Gasteiger partial charge in [0.25, 0.3) is 0 Å². The van der Waals surface area contributed by atoms with Crippen LogP contribution in [0, 0.1) is 5.92 Å². The molecule has 1 atom stereocenters. The van der Waals surface area contributed by atoms with Gasteiger partial charge >= 0.3 is 0 Å². The van der Waals surface area contributed by atoms with Crippen molar-refractivity contribution in [2.75, 3.05) is 16.8 Å². The Hall–Kier alpha value is -3.34. The number of fused-ring (bicyclic) bond motifs is 1. The monoisotopic (exact) mass is 388 g/mol. The van der Waals surface area contributed by atoms with Crippen molar-refractivity contribution in [1.82, 2.24) is 0 Å². The zero-order valence-corrected chi connectivity index (χ0v) is 16.6. The maximum absolute atomic E-state index is 12.7. The molecule has 0 aromatic heterocycles. The first-order chi connectivity index (χ1) is 14.0. The van der Waals surface area contributed by atoms with Crippen molar-refractivity contribution in [3.8, 4) is 5.75 Å². The highest BCUT2D eigenvalue weighted by Crippen LogP contribution is 2.28.